The van der Waals surface area contributed by atoms with Crippen LogP contribution in [0.3, 0.4) is 0 Å². The molecule has 0 fully saturated rings. The molecule has 0 aliphatic heterocycles. The maximum Gasteiger partial charge on any atom is 0.128 e. The summed E-state index contributed by atoms with van der Waals surface area (Å²) in [5.74, 6) is 0. The predicted molar refractivity (Wildman–Crippen MR) is 175 cm³/mol. The number of furan rings is 1. The van der Waals surface area contributed by atoms with Gasteiger partial charge < -0.3 is 14.4 Å². The van der Waals surface area contributed by atoms with Crippen LogP contribution in [0.25, 0.3) is 66.7 Å². The smallest absolute Gasteiger partial charge is 0.128 e. The molecule has 1 radical (unpaired) electrons. The fraction of sp³-hybridized carbons (Fsp3) is 0. The molecule has 0 aliphatic carbocycles. The van der Waals surface area contributed by atoms with E-state index in [2.05, 4.69) is 94.9 Å². The first-order valence-electron chi connectivity index (χ1n) is 14.2. The third kappa shape index (κ3) is 6.00. The summed E-state index contributed by atoms with van der Waals surface area (Å²) >= 11 is 0. The van der Waals surface area contributed by atoms with Crippen LogP contribution >= 0.6 is 0 Å². The normalized spacial score (nSPS) is 10.5. The fourth-order valence-electron chi connectivity index (χ4n) is 5.24. The van der Waals surface area contributed by atoms with Gasteiger partial charge in [0.05, 0.1) is 5.58 Å². The molecule has 44 heavy (non-hydrogen) atoms. The number of nitrogens with zero attached hydrogens (tertiary/aromatic N) is 2. The van der Waals surface area contributed by atoms with E-state index in [1.54, 1.807) is 12.4 Å². The van der Waals surface area contributed by atoms with Crippen molar-refractivity contribution in [1.29, 1.82) is 0 Å². The largest absolute Gasteiger partial charge is 0.500 e. The van der Waals surface area contributed by atoms with Crippen LogP contribution in [0.2, 0.25) is 0 Å². The van der Waals surface area contributed by atoms with E-state index in [1.807, 2.05) is 72.8 Å². The molecule has 3 nitrogen and oxygen atoms in total. The minimum absolute atomic E-state index is 0. The number of aromatic nitrogens is 2. The topological polar surface area (TPSA) is 38.9 Å². The first kappa shape index (κ1) is 28.9. The molecule has 0 saturated carbocycles. The van der Waals surface area contributed by atoms with Crippen LogP contribution in [0, 0.1) is 12.1 Å². The van der Waals surface area contributed by atoms with Crippen molar-refractivity contribution in [2.45, 2.75) is 0 Å². The van der Waals surface area contributed by atoms with Crippen LogP contribution in [0.4, 0.5) is 0 Å². The predicted octanol–water partition coefficient (Wildman–Crippen LogP) is 10.3. The van der Waals surface area contributed by atoms with E-state index in [9.17, 15) is 0 Å². The summed E-state index contributed by atoms with van der Waals surface area (Å²) in [5.41, 5.74) is 10.1. The van der Waals surface area contributed by atoms with Gasteiger partial charge in [0.25, 0.3) is 0 Å². The molecule has 0 bridgehead atoms. The molecule has 3 aromatic heterocycles. The van der Waals surface area contributed by atoms with Crippen LogP contribution in [0.5, 0.6) is 0 Å². The van der Waals surface area contributed by atoms with Gasteiger partial charge in [-0.25, -0.2) is 0 Å². The average Bonchev–Trinajstić information content (AvgIpc) is 3.50. The molecule has 0 spiro atoms. The minimum atomic E-state index is 0. The first-order chi connectivity index (χ1) is 21.3. The quantitative estimate of drug-likeness (QED) is 0.169. The van der Waals surface area contributed by atoms with Gasteiger partial charge in [-0.2, -0.15) is 0 Å². The van der Waals surface area contributed by atoms with E-state index in [0.29, 0.717) is 0 Å². The Morgan fingerprint density at radius 3 is 1.82 bits per heavy atom. The van der Waals surface area contributed by atoms with Gasteiger partial charge in [-0.05, 0) is 40.2 Å². The van der Waals surface area contributed by atoms with Gasteiger partial charge in [0.15, 0.2) is 0 Å². The Labute approximate surface area is 270 Å². The Morgan fingerprint density at radius 2 is 1.11 bits per heavy atom. The minimum Gasteiger partial charge on any atom is -0.500 e. The molecule has 0 N–H and O–H groups in total. The Kier molecular flexibility index (Phi) is 8.84. The number of fused-ring (bicyclic) bond motifs is 3. The summed E-state index contributed by atoms with van der Waals surface area (Å²) in [4.78, 5) is 8.71. The van der Waals surface area contributed by atoms with E-state index in [0.717, 1.165) is 55.6 Å². The molecule has 0 saturated heterocycles. The van der Waals surface area contributed by atoms with E-state index in [-0.39, 0.29) is 20.1 Å². The van der Waals surface area contributed by atoms with Crippen molar-refractivity contribution in [3.63, 3.8) is 0 Å². The zero-order valence-corrected chi connectivity index (χ0v) is 26.0. The summed E-state index contributed by atoms with van der Waals surface area (Å²) in [6.07, 6.45) is 3.58. The molecule has 0 aliphatic rings. The molecule has 8 aromatic rings. The maximum absolute atomic E-state index is 6.47. The van der Waals surface area contributed by atoms with Crippen LogP contribution in [-0.2, 0) is 20.1 Å². The summed E-state index contributed by atoms with van der Waals surface area (Å²) in [5, 5.41) is 2.18. The molecular weight excluding hydrogens is 717 g/mol. The second-order valence-corrected chi connectivity index (χ2v) is 10.0. The van der Waals surface area contributed by atoms with Gasteiger partial charge >= 0.3 is 0 Å². The molecule has 213 valence electrons. The molecular formula is C40H26IrN2O-2. The number of rotatable bonds is 4. The standard InChI is InChI=1S/C29H18NO.C11H8N.Ir/c1-2-8-20(9-3-1)21-15-17-22(18-16-21)23-10-6-11-24-25-12-7-13-26(29(25)31-28(23)24)27-14-4-5-19-30-27;1-2-6-10(7-3-1)11-8-4-5-9-12-11;/h1-12,14-19H;1-6,8-9H;/q2*-1;. The summed E-state index contributed by atoms with van der Waals surface area (Å²) < 4.78 is 6.47. The summed E-state index contributed by atoms with van der Waals surface area (Å²) in [6.45, 7) is 0. The van der Waals surface area contributed by atoms with E-state index in [1.165, 1.54) is 11.1 Å². The Balaban J connectivity index is 0.000000222. The van der Waals surface area contributed by atoms with E-state index < -0.39 is 0 Å². The zero-order chi connectivity index (χ0) is 28.8. The first-order valence-corrected chi connectivity index (χ1v) is 14.2. The van der Waals surface area contributed by atoms with Crippen molar-refractivity contribution in [3.05, 3.63) is 170 Å². The Hall–Kier alpha value is -5.15. The second-order valence-electron chi connectivity index (χ2n) is 10.0. The van der Waals surface area contributed by atoms with Gasteiger partial charge in [-0.3, -0.25) is 0 Å². The Morgan fingerprint density at radius 1 is 0.455 bits per heavy atom. The van der Waals surface area contributed by atoms with Gasteiger partial charge in [0.1, 0.15) is 5.58 Å². The molecule has 8 rings (SSSR count). The molecule has 0 unspecified atom stereocenters. The Bertz CT molecular complexity index is 2060. The molecule has 0 atom stereocenters. The zero-order valence-electron chi connectivity index (χ0n) is 23.6. The van der Waals surface area contributed by atoms with Crippen molar-refractivity contribution >= 4 is 21.9 Å². The van der Waals surface area contributed by atoms with Crippen LogP contribution < -0.4 is 0 Å². The van der Waals surface area contributed by atoms with Crippen LogP contribution in [-0.4, -0.2) is 9.97 Å². The average molecular weight is 743 g/mol. The van der Waals surface area contributed by atoms with Crippen molar-refractivity contribution < 1.29 is 24.5 Å². The van der Waals surface area contributed by atoms with Gasteiger partial charge in [0, 0.05) is 43.4 Å². The van der Waals surface area contributed by atoms with Crippen molar-refractivity contribution in [2.24, 2.45) is 0 Å². The number of pyridine rings is 2. The number of hydrogen-bond donors (Lipinski definition) is 0. The third-order valence-electron chi connectivity index (χ3n) is 7.33. The SMILES string of the molecule is [Ir].[c-]1ccc2c(oc3c(-c4ccc(-c5ccccc5)cc4)cccc32)c1-c1ccccn1.[c-]1ccccc1-c1ccccn1. The van der Waals surface area contributed by atoms with Crippen LogP contribution in [0.15, 0.2) is 162 Å². The second kappa shape index (κ2) is 13.4. The molecule has 3 heterocycles. The number of para-hydroxylation sites is 1. The fourth-order valence-corrected chi connectivity index (χ4v) is 5.24. The third-order valence-corrected chi connectivity index (χ3v) is 7.33. The van der Waals surface area contributed by atoms with Crippen molar-refractivity contribution in [3.8, 4) is 44.8 Å². The van der Waals surface area contributed by atoms with Crippen molar-refractivity contribution in [1.82, 2.24) is 9.97 Å². The number of benzene rings is 5. The molecule has 5 aromatic carbocycles. The summed E-state index contributed by atoms with van der Waals surface area (Å²) in [6, 6.07) is 55.4. The van der Waals surface area contributed by atoms with Gasteiger partial charge in [-0.15, -0.1) is 54.1 Å². The molecule has 0 amide bonds. The van der Waals surface area contributed by atoms with Gasteiger partial charge in [-0.1, -0.05) is 108 Å². The van der Waals surface area contributed by atoms with Crippen LogP contribution in [0.1, 0.15) is 0 Å². The molecule has 4 heteroatoms. The van der Waals surface area contributed by atoms with Crippen molar-refractivity contribution in [2.75, 3.05) is 0 Å². The van der Waals surface area contributed by atoms with E-state index >= 15 is 0 Å². The van der Waals surface area contributed by atoms with E-state index in [4.69, 9.17) is 4.42 Å². The number of hydrogen-bond acceptors (Lipinski definition) is 3. The van der Waals surface area contributed by atoms with Gasteiger partial charge in [0.2, 0.25) is 0 Å². The summed E-state index contributed by atoms with van der Waals surface area (Å²) in [7, 11) is 0. The maximum atomic E-state index is 6.47. The monoisotopic (exact) mass is 743 g/mol.